The molecule has 0 saturated carbocycles. The Labute approximate surface area is 118 Å². The van der Waals surface area contributed by atoms with Crippen molar-refractivity contribution in [2.45, 2.75) is 26.3 Å². The summed E-state index contributed by atoms with van der Waals surface area (Å²) in [6.07, 6.45) is 0.365. The van der Waals surface area contributed by atoms with Crippen LogP contribution in [0.25, 0.3) is 0 Å². The minimum atomic E-state index is -0.447. The normalized spacial score (nSPS) is 11.9. The van der Waals surface area contributed by atoms with E-state index < -0.39 is 11.9 Å². The van der Waals surface area contributed by atoms with Gasteiger partial charge >= 0.3 is 0 Å². The Balaban J connectivity index is 2.71. The van der Waals surface area contributed by atoms with Crippen molar-refractivity contribution in [3.05, 3.63) is 24.0 Å². The zero-order valence-electron chi connectivity index (χ0n) is 11.7. The van der Waals surface area contributed by atoms with Gasteiger partial charge in [0.1, 0.15) is 5.82 Å². The Morgan fingerprint density at radius 1 is 1.60 bits per heavy atom. The van der Waals surface area contributed by atoms with Crippen molar-refractivity contribution in [2.75, 3.05) is 24.1 Å². The summed E-state index contributed by atoms with van der Waals surface area (Å²) in [5.41, 5.74) is 6.22. The number of amides is 1. The molecule has 0 radical (unpaired) electrons. The van der Waals surface area contributed by atoms with E-state index in [1.54, 1.807) is 6.92 Å². The zero-order valence-corrected chi connectivity index (χ0v) is 11.7. The van der Waals surface area contributed by atoms with Gasteiger partial charge in [-0.15, -0.1) is 0 Å². The van der Waals surface area contributed by atoms with Crippen LogP contribution in [0.15, 0.2) is 18.2 Å². The fourth-order valence-corrected chi connectivity index (χ4v) is 1.87. The third kappa shape index (κ3) is 4.21. The molecule has 1 rings (SSSR count). The maximum atomic E-state index is 12.9. The molecule has 0 aliphatic carbocycles. The Bertz CT molecular complexity index is 512. The number of carbonyl (C=O) groups excluding carboxylic acids is 1. The van der Waals surface area contributed by atoms with Crippen molar-refractivity contribution < 1.29 is 9.18 Å². The molecule has 0 saturated heterocycles. The second-order valence-corrected chi connectivity index (χ2v) is 4.43. The summed E-state index contributed by atoms with van der Waals surface area (Å²) in [5.74, 6) is -0.680. The first-order valence-electron chi connectivity index (χ1n) is 6.46. The highest BCUT2D eigenvalue weighted by Gasteiger charge is 2.20. The number of anilines is 2. The lowest BCUT2D eigenvalue weighted by molar-refractivity contribution is -0.120. The van der Waals surface area contributed by atoms with Crippen molar-refractivity contribution in [1.82, 2.24) is 4.90 Å². The molecule has 0 aromatic heterocycles. The van der Waals surface area contributed by atoms with Crippen LogP contribution >= 0.6 is 0 Å². The summed E-state index contributed by atoms with van der Waals surface area (Å²) in [6.45, 7) is 4.87. The van der Waals surface area contributed by atoms with Crippen molar-refractivity contribution in [3.63, 3.8) is 0 Å². The third-order valence-corrected chi connectivity index (χ3v) is 3.12. The van der Waals surface area contributed by atoms with E-state index in [0.29, 0.717) is 25.2 Å². The molecule has 1 unspecified atom stereocenters. The Hall–Kier alpha value is -2.13. The van der Waals surface area contributed by atoms with E-state index in [-0.39, 0.29) is 11.6 Å². The van der Waals surface area contributed by atoms with E-state index in [1.807, 2.05) is 11.8 Å². The van der Waals surface area contributed by atoms with Crippen LogP contribution in [-0.2, 0) is 4.79 Å². The summed E-state index contributed by atoms with van der Waals surface area (Å²) in [4.78, 5) is 14.0. The van der Waals surface area contributed by atoms with Crippen LogP contribution in [0, 0.1) is 17.1 Å². The predicted molar refractivity (Wildman–Crippen MR) is 76.4 cm³/mol. The Morgan fingerprint density at radius 3 is 2.85 bits per heavy atom. The second-order valence-electron chi connectivity index (χ2n) is 4.43. The number of nitrogen functional groups attached to an aromatic ring is 1. The Kier molecular flexibility index (Phi) is 5.94. The number of benzene rings is 1. The number of hydrogen-bond acceptors (Lipinski definition) is 4. The van der Waals surface area contributed by atoms with Gasteiger partial charge in [-0.3, -0.25) is 9.69 Å². The molecule has 0 heterocycles. The number of halogens is 1. The molecule has 3 N–H and O–H groups in total. The summed E-state index contributed by atoms with van der Waals surface area (Å²) < 4.78 is 12.9. The molecule has 0 fully saturated rings. The second kappa shape index (κ2) is 7.46. The van der Waals surface area contributed by atoms with Gasteiger partial charge in [-0.05, 0) is 31.7 Å². The van der Waals surface area contributed by atoms with Gasteiger partial charge < -0.3 is 11.1 Å². The number of likely N-dealkylation sites (N-methyl/N-ethyl adjacent to an activating group) is 1. The third-order valence-electron chi connectivity index (χ3n) is 3.12. The number of nitriles is 1. The van der Waals surface area contributed by atoms with Gasteiger partial charge in [-0.2, -0.15) is 5.26 Å². The molecular formula is C14H19FN4O. The first-order chi connectivity index (χ1) is 9.49. The van der Waals surface area contributed by atoms with Gasteiger partial charge in [0.15, 0.2) is 0 Å². The van der Waals surface area contributed by atoms with Gasteiger partial charge in [0.25, 0.3) is 0 Å². The zero-order chi connectivity index (χ0) is 15.1. The molecule has 5 nitrogen and oxygen atoms in total. The molecule has 0 aliphatic heterocycles. The predicted octanol–water partition coefficient (Wildman–Crippen LogP) is 1.97. The van der Waals surface area contributed by atoms with E-state index in [2.05, 4.69) is 11.4 Å². The van der Waals surface area contributed by atoms with E-state index >= 15 is 0 Å². The van der Waals surface area contributed by atoms with E-state index in [9.17, 15) is 9.18 Å². The van der Waals surface area contributed by atoms with Crippen LogP contribution in [0.4, 0.5) is 15.8 Å². The van der Waals surface area contributed by atoms with Crippen molar-refractivity contribution >= 4 is 17.3 Å². The van der Waals surface area contributed by atoms with Crippen LogP contribution in [0.2, 0.25) is 0 Å². The molecule has 0 spiro atoms. The van der Waals surface area contributed by atoms with Crippen LogP contribution in [-0.4, -0.2) is 29.9 Å². The SMILES string of the molecule is CCN(CCC#N)C(C)C(=O)Nc1ccc(F)cc1N. The molecule has 0 aliphatic rings. The molecular weight excluding hydrogens is 259 g/mol. The average molecular weight is 278 g/mol. The average Bonchev–Trinajstić information content (AvgIpc) is 2.42. The van der Waals surface area contributed by atoms with Gasteiger partial charge in [-0.25, -0.2) is 4.39 Å². The van der Waals surface area contributed by atoms with E-state index in [0.717, 1.165) is 6.07 Å². The lowest BCUT2D eigenvalue weighted by Gasteiger charge is -2.26. The Morgan fingerprint density at radius 2 is 2.30 bits per heavy atom. The quantitative estimate of drug-likeness (QED) is 0.779. The first kappa shape index (κ1) is 15.9. The summed E-state index contributed by atoms with van der Waals surface area (Å²) in [7, 11) is 0. The van der Waals surface area contributed by atoms with Crippen LogP contribution in [0.1, 0.15) is 20.3 Å². The van der Waals surface area contributed by atoms with E-state index in [4.69, 9.17) is 11.0 Å². The van der Waals surface area contributed by atoms with Crippen LogP contribution < -0.4 is 11.1 Å². The molecule has 1 aromatic rings. The molecule has 6 heteroatoms. The summed E-state index contributed by atoms with van der Waals surface area (Å²) in [5, 5.41) is 11.3. The smallest absolute Gasteiger partial charge is 0.241 e. The molecule has 1 amide bonds. The minimum absolute atomic E-state index is 0.186. The van der Waals surface area contributed by atoms with Gasteiger partial charge in [0.05, 0.1) is 23.5 Å². The van der Waals surface area contributed by atoms with E-state index in [1.165, 1.54) is 12.1 Å². The fourth-order valence-electron chi connectivity index (χ4n) is 1.87. The first-order valence-corrected chi connectivity index (χ1v) is 6.46. The molecule has 20 heavy (non-hydrogen) atoms. The highest BCUT2D eigenvalue weighted by molar-refractivity contribution is 5.97. The summed E-state index contributed by atoms with van der Waals surface area (Å²) >= 11 is 0. The monoisotopic (exact) mass is 278 g/mol. The largest absolute Gasteiger partial charge is 0.397 e. The highest BCUT2D eigenvalue weighted by Crippen LogP contribution is 2.19. The molecule has 1 aromatic carbocycles. The van der Waals surface area contributed by atoms with Crippen molar-refractivity contribution in [3.8, 4) is 6.07 Å². The van der Waals surface area contributed by atoms with Gasteiger partial charge in [0.2, 0.25) is 5.91 Å². The van der Waals surface area contributed by atoms with Crippen LogP contribution in [0.5, 0.6) is 0 Å². The minimum Gasteiger partial charge on any atom is -0.397 e. The number of carbonyl (C=O) groups is 1. The number of nitrogens with one attached hydrogen (secondary N) is 1. The number of nitrogens with zero attached hydrogens (tertiary/aromatic N) is 2. The maximum absolute atomic E-state index is 12.9. The lowest BCUT2D eigenvalue weighted by atomic mass is 10.2. The highest BCUT2D eigenvalue weighted by atomic mass is 19.1. The van der Waals surface area contributed by atoms with Gasteiger partial charge in [-0.1, -0.05) is 6.92 Å². The number of hydrogen-bond donors (Lipinski definition) is 2. The fraction of sp³-hybridized carbons (Fsp3) is 0.429. The molecule has 1 atom stereocenters. The molecule has 108 valence electrons. The molecule has 0 bridgehead atoms. The number of nitrogens with two attached hydrogens (primary N) is 1. The topological polar surface area (TPSA) is 82.2 Å². The van der Waals surface area contributed by atoms with Crippen LogP contribution in [0.3, 0.4) is 0 Å². The number of rotatable bonds is 6. The van der Waals surface area contributed by atoms with Crippen molar-refractivity contribution in [1.29, 1.82) is 5.26 Å². The summed E-state index contributed by atoms with van der Waals surface area (Å²) in [6, 6.07) is 5.50. The van der Waals surface area contributed by atoms with Crippen molar-refractivity contribution in [2.24, 2.45) is 0 Å². The van der Waals surface area contributed by atoms with Gasteiger partial charge in [0, 0.05) is 13.0 Å². The standard InChI is InChI=1S/C14H19FN4O/c1-3-19(8-4-7-16)10(2)14(20)18-13-6-5-11(15)9-12(13)17/h5-6,9-10H,3-4,8,17H2,1-2H3,(H,18,20). The maximum Gasteiger partial charge on any atom is 0.241 e. The lowest BCUT2D eigenvalue weighted by Crippen LogP contribution is -2.42.